The fourth-order valence-electron chi connectivity index (χ4n) is 2.45. The summed E-state index contributed by atoms with van der Waals surface area (Å²) in [5.41, 5.74) is 0.466. The number of benzene rings is 2. The number of anilines is 1. The van der Waals surface area contributed by atoms with E-state index in [2.05, 4.69) is 10.3 Å². The van der Waals surface area contributed by atoms with Gasteiger partial charge in [0, 0.05) is 15.8 Å². The van der Waals surface area contributed by atoms with Gasteiger partial charge in [-0.3, -0.25) is 4.79 Å². The van der Waals surface area contributed by atoms with Crippen molar-refractivity contribution in [3.8, 4) is 10.6 Å². The number of carbonyl (C=O) groups is 1. The van der Waals surface area contributed by atoms with E-state index in [0.717, 1.165) is 12.1 Å². The number of thiazole rings is 1. The lowest BCUT2D eigenvalue weighted by atomic mass is 10.1. The Bertz CT molecular complexity index is 987. The third-order valence-electron chi connectivity index (χ3n) is 3.73. The number of hydrogen-bond donors (Lipinski definition) is 1. The maximum absolute atomic E-state index is 12.6. The van der Waals surface area contributed by atoms with Crippen molar-refractivity contribution in [3.63, 3.8) is 0 Å². The molecule has 0 aliphatic heterocycles. The molecule has 0 bridgehead atoms. The van der Waals surface area contributed by atoms with Crippen LogP contribution in [0.25, 0.3) is 10.6 Å². The van der Waals surface area contributed by atoms with E-state index in [1.807, 2.05) is 0 Å². The van der Waals surface area contributed by atoms with Crippen molar-refractivity contribution in [1.82, 2.24) is 4.98 Å². The van der Waals surface area contributed by atoms with Crippen molar-refractivity contribution in [1.29, 1.82) is 0 Å². The van der Waals surface area contributed by atoms with E-state index in [0.29, 0.717) is 28.0 Å². The number of para-hydroxylation sites is 1. The second-order valence-electron chi connectivity index (χ2n) is 5.82. The number of nitrogens with one attached hydrogen (secondary N) is 1. The molecule has 0 saturated carbocycles. The zero-order chi connectivity index (χ0) is 21.0. The summed E-state index contributed by atoms with van der Waals surface area (Å²) in [6.45, 7) is 0. The zero-order valence-corrected chi connectivity index (χ0v) is 16.2. The molecule has 0 radical (unpaired) electrons. The van der Waals surface area contributed by atoms with Gasteiger partial charge in [-0.25, -0.2) is 4.98 Å². The van der Waals surface area contributed by atoms with Crippen LogP contribution in [0.2, 0.25) is 0 Å². The summed E-state index contributed by atoms with van der Waals surface area (Å²) >= 11 is 1.54. The molecule has 1 amide bonds. The van der Waals surface area contributed by atoms with Crippen molar-refractivity contribution in [2.24, 2.45) is 0 Å². The molecule has 0 unspecified atom stereocenters. The Kier molecular flexibility index (Phi) is 6.53. The summed E-state index contributed by atoms with van der Waals surface area (Å²) < 4.78 is 63.2. The van der Waals surface area contributed by atoms with E-state index in [1.54, 1.807) is 17.5 Å². The lowest BCUT2D eigenvalue weighted by Gasteiger charge is -2.09. The number of alkyl halides is 5. The molecule has 10 heteroatoms. The van der Waals surface area contributed by atoms with Gasteiger partial charge in [0.15, 0.2) is 0 Å². The lowest BCUT2D eigenvalue weighted by molar-refractivity contribution is -0.137. The first-order chi connectivity index (χ1) is 13.7. The van der Waals surface area contributed by atoms with Gasteiger partial charge in [-0.1, -0.05) is 36.0 Å². The maximum atomic E-state index is 12.6. The van der Waals surface area contributed by atoms with Crippen LogP contribution in [-0.2, 0) is 17.4 Å². The number of amides is 1. The number of carbonyl (C=O) groups excluding carboxylic acids is 1. The first-order valence-corrected chi connectivity index (χ1v) is 9.94. The van der Waals surface area contributed by atoms with Crippen molar-refractivity contribution in [3.05, 3.63) is 65.2 Å². The minimum absolute atomic E-state index is 0.0924. The molecule has 1 heterocycles. The zero-order valence-electron chi connectivity index (χ0n) is 14.5. The molecule has 0 fully saturated rings. The first kappa shape index (κ1) is 21.3. The average molecular weight is 444 g/mol. The summed E-state index contributed by atoms with van der Waals surface area (Å²) in [6, 6.07) is 10.8. The highest BCUT2D eigenvalue weighted by Gasteiger charge is 2.30. The number of aromatic nitrogens is 1. The average Bonchev–Trinajstić information content (AvgIpc) is 3.10. The largest absolute Gasteiger partial charge is 0.416 e. The van der Waals surface area contributed by atoms with Crippen LogP contribution in [0.4, 0.5) is 27.6 Å². The Morgan fingerprint density at radius 2 is 1.79 bits per heavy atom. The first-order valence-electron chi connectivity index (χ1n) is 8.18. The van der Waals surface area contributed by atoms with Gasteiger partial charge in [-0.2, -0.15) is 22.0 Å². The minimum Gasteiger partial charge on any atom is -0.325 e. The molecule has 0 saturated heterocycles. The van der Waals surface area contributed by atoms with Crippen LogP contribution in [0.3, 0.4) is 0 Å². The molecular weight excluding hydrogens is 431 g/mol. The summed E-state index contributed by atoms with van der Waals surface area (Å²) in [7, 11) is 0. The van der Waals surface area contributed by atoms with Crippen molar-refractivity contribution in [2.45, 2.75) is 23.3 Å². The molecule has 152 valence electrons. The fourth-order valence-corrected chi connectivity index (χ4v) is 3.87. The van der Waals surface area contributed by atoms with E-state index >= 15 is 0 Å². The number of thioether (sulfide) groups is 1. The van der Waals surface area contributed by atoms with Crippen LogP contribution in [0.1, 0.15) is 11.3 Å². The molecule has 1 aromatic heterocycles. The van der Waals surface area contributed by atoms with Gasteiger partial charge in [-0.15, -0.1) is 11.3 Å². The second kappa shape index (κ2) is 8.91. The quantitative estimate of drug-likeness (QED) is 0.357. The molecule has 2 aromatic carbocycles. The third-order valence-corrected chi connectivity index (χ3v) is 5.46. The van der Waals surface area contributed by atoms with Crippen LogP contribution >= 0.6 is 23.1 Å². The Balaban J connectivity index is 1.67. The SMILES string of the molecule is O=C(Cc1csc(-c2ccc(C(F)(F)F)cc2)n1)Nc1ccccc1SC(F)F. The standard InChI is InChI=1S/C19H13F5N2OS2/c20-18(21)29-15-4-2-1-3-14(15)26-16(27)9-13-10-28-17(25-13)11-5-7-12(8-6-11)19(22,23)24/h1-8,10,18H,9H2,(H,26,27). The van der Waals surface area contributed by atoms with Gasteiger partial charge >= 0.3 is 6.18 Å². The summed E-state index contributed by atoms with van der Waals surface area (Å²) in [6.07, 6.45) is -4.51. The molecule has 0 aliphatic carbocycles. The third kappa shape index (κ3) is 5.77. The predicted octanol–water partition coefficient (Wildman–Crippen LogP) is 6.32. The van der Waals surface area contributed by atoms with Gasteiger partial charge < -0.3 is 5.32 Å². The van der Waals surface area contributed by atoms with Crippen molar-refractivity contribution >= 4 is 34.7 Å². The van der Waals surface area contributed by atoms with E-state index in [9.17, 15) is 26.7 Å². The highest BCUT2D eigenvalue weighted by atomic mass is 32.2. The predicted molar refractivity (Wildman–Crippen MR) is 103 cm³/mol. The molecule has 29 heavy (non-hydrogen) atoms. The van der Waals surface area contributed by atoms with Crippen molar-refractivity contribution in [2.75, 3.05) is 5.32 Å². The second-order valence-corrected chi connectivity index (χ2v) is 7.71. The van der Waals surface area contributed by atoms with Crippen LogP contribution < -0.4 is 5.32 Å². The van der Waals surface area contributed by atoms with Gasteiger partial charge in [0.1, 0.15) is 5.01 Å². The molecule has 3 nitrogen and oxygen atoms in total. The number of rotatable bonds is 6. The van der Waals surface area contributed by atoms with Crippen LogP contribution in [0.5, 0.6) is 0 Å². The van der Waals surface area contributed by atoms with E-state index in [1.165, 1.54) is 35.6 Å². The normalized spacial score (nSPS) is 11.7. The topological polar surface area (TPSA) is 42.0 Å². The molecule has 0 atom stereocenters. The summed E-state index contributed by atoms with van der Waals surface area (Å²) in [4.78, 5) is 16.8. The van der Waals surface area contributed by atoms with E-state index in [-0.39, 0.29) is 17.0 Å². The van der Waals surface area contributed by atoms with Gasteiger partial charge in [0.05, 0.1) is 23.4 Å². The summed E-state index contributed by atoms with van der Waals surface area (Å²) in [5, 5.41) is 4.70. The van der Waals surface area contributed by atoms with Gasteiger partial charge in [0.2, 0.25) is 5.91 Å². The van der Waals surface area contributed by atoms with Crippen LogP contribution in [-0.4, -0.2) is 16.6 Å². The molecule has 1 N–H and O–H groups in total. The molecular formula is C19H13F5N2OS2. The molecule has 3 aromatic rings. The number of halogens is 5. The monoisotopic (exact) mass is 444 g/mol. The van der Waals surface area contributed by atoms with Crippen LogP contribution in [0.15, 0.2) is 58.8 Å². The Hall–Kier alpha value is -2.46. The maximum Gasteiger partial charge on any atom is 0.416 e. The number of hydrogen-bond acceptors (Lipinski definition) is 4. The Morgan fingerprint density at radius 3 is 2.45 bits per heavy atom. The lowest BCUT2D eigenvalue weighted by Crippen LogP contribution is -2.15. The summed E-state index contributed by atoms with van der Waals surface area (Å²) in [5.74, 6) is -3.05. The molecule has 0 spiro atoms. The number of nitrogens with zero attached hydrogens (tertiary/aromatic N) is 1. The highest BCUT2D eigenvalue weighted by Crippen LogP contribution is 2.33. The van der Waals surface area contributed by atoms with Gasteiger partial charge in [-0.05, 0) is 24.3 Å². The fraction of sp³-hybridized carbons (Fsp3) is 0.158. The van der Waals surface area contributed by atoms with Gasteiger partial charge in [0.25, 0.3) is 5.76 Å². The minimum atomic E-state index is -4.41. The Labute approximate surface area is 171 Å². The van der Waals surface area contributed by atoms with E-state index in [4.69, 9.17) is 0 Å². The highest BCUT2D eigenvalue weighted by molar-refractivity contribution is 7.99. The van der Waals surface area contributed by atoms with E-state index < -0.39 is 23.4 Å². The molecule has 3 rings (SSSR count). The smallest absolute Gasteiger partial charge is 0.325 e. The van der Waals surface area contributed by atoms with Crippen LogP contribution in [0, 0.1) is 0 Å². The van der Waals surface area contributed by atoms with Crippen molar-refractivity contribution < 1.29 is 26.7 Å². The molecule has 0 aliphatic rings. The Morgan fingerprint density at radius 1 is 1.10 bits per heavy atom.